The molecule has 0 fully saturated rings. The van der Waals surface area contributed by atoms with Crippen LogP contribution in [0.4, 0.5) is 0 Å². The van der Waals surface area contributed by atoms with Gasteiger partial charge >= 0.3 is 11.9 Å². The first kappa shape index (κ1) is 18.9. The summed E-state index contributed by atoms with van der Waals surface area (Å²) in [6.45, 7) is 12.3. The van der Waals surface area contributed by atoms with E-state index in [9.17, 15) is 19.8 Å². The Balaban J connectivity index is 4.82. The van der Waals surface area contributed by atoms with Crippen molar-refractivity contribution in [3.05, 3.63) is 0 Å². The maximum Gasteiger partial charge on any atom is 0.318 e. The van der Waals surface area contributed by atoms with Crippen molar-refractivity contribution in [1.82, 2.24) is 0 Å². The zero-order chi connectivity index (χ0) is 16.1. The van der Waals surface area contributed by atoms with E-state index in [2.05, 4.69) is 27.7 Å². The normalized spacial score (nSPS) is 16.8. The van der Waals surface area contributed by atoms with Gasteiger partial charge in [-0.25, -0.2) is 0 Å². The van der Waals surface area contributed by atoms with Crippen LogP contribution < -0.4 is 0 Å². The summed E-state index contributed by atoms with van der Waals surface area (Å²) in [6, 6.07) is 0. The lowest BCUT2D eigenvalue weighted by molar-refractivity contribution is -0.161. The molecule has 0 spiro atoms. The molecule has 0 radical (unpaired) electrons. The first-order chi connectivity index (χ1) is 8.93. The van der Waals surface area contributed by atoms with Crippen LogP contribution in [0.1, 0.15) is 67.2 Å². The molecular weight excluding hydrogens is 256 g/mol. The molecule has 4 nitrogen and oxygen atoms in total. The molecule has 0 aliphatic carbocycles. The van der Waals surface area contributed by atoms with Crippen LogP contribution in [0.3, 0.4) is 0 Å². The molecule has 118 valence electrons. The van der Waals surface area contributed by atoms with E-state index in [0.717, 1.165) is 12.8 Å². The lowest BCUT2D eigenvalue weighted by Gasteiger charge is -2.33. The Morgan fingerprint density at radius 2 is 1.50 bits per heavy atom. The van der Waals surface area contributed by atoms with Crippen LogP contribution in [0, 0.1) is 22.7 Å². The summed E-state index contributed by atoms with van der Waals surface area (Å²) < 4.78 is 0. The molecule has 2 atom stereocenters. The van der Waals surface area contributed by atoms with Crippen molar-refractivity contribution < 1.29 is 19.8 Å². The number of hydrogen-bond acceptors (Lipinski definition) is 2. The quantitative estimate of drug-likeness (QED) is 0.660. The predicted molar refractivity (Wildman–Crippen MR) is 79.6 cm³/mol. The van der Waals surface area contributed by atoms with Gasteiger partial charge in [-0.15, -0.1) is 0 Å². The third-order valence-electron chi connectivity index (χ3n) is 4.17. The minimum atomic E-state index is -1.32. The molecule has 0 bridgehead atoms. The topological polar surface area (TPSA) is 74.6 Å². The molecule has 0 heterocycles. The zero-order valence-electron chi connectivity index (χ0n) is 13.7. The number of carboxylic acid groups (broad SMARTS) is 2. The molecule has 0 aliphatic rings. The first-order valence-corrected chi connectivity index (χ1v) is 7.38. The van der Waals surface area contributed by atoms with E-state index in [1.165, 1.54) is 0 Å². The number of aliphatic carboxylic acids is 2. The lowest BCUT2D eigenvalue weighted by Crippen LogP contribution is -2.39. The highest BCUT2D eigenvalue weighted by Gasteiger charge is 2.43. The number of rotatable bonds is 8. The van der Waals surface area contributed by atoms with E-state index in [4.69, 9.17) is 0 Å². The van der Waals surface area contributed by atoms with E-state index in [0.29, 0.717) is 18.8 Å². The summed E-state index contributed by atoms with van der Waals surface area (Å²) in [4.78, 5) is 22.5. The lowest BCUT2D eigenvalue weighted by atomic mass is 9.70. The summed E-state index contributed by atoms with van der Waals surface area (Å²) in [5.74, 6) is -3.32. The maximum atomic E-state index is 11.2. The van der Waals surface area contributed by atoms with Gasteiger partial charge in [0, 0.05) is 0 Å². The third kappa shape index (κ3) is 5.93. The molecular formula is C16H30O4. The summed E-state index contributed by atoms with van der Waals surface area (Å²) in [6.07, 6.45) is 3.10. The second-order valence-corrected chi connectivity index (χ2v) is 7.53. The van der Waals surface area contributed by atoms with E-state index in [1.54, 1.807) is 6.92 Å². The van der Waals surface area contributed by atoms with Crippen LogP contribution >= 0.6 is 0 Å². The van der Waals surface area contributed by atoms with Gasteiger partial charge in [-0.3, -0.25) is 9.59 Å². The molecule has 2 N–H and O–H groups in total. The van der Waals surface area contributed by atoms with Crippen LogP contribution in [0.15, 0.2) is 0 Å². The second-order valence-electron chi connectivity index (χ2n) is 7.53. The van der Waals surface area contributed by atoms with Crippen molar-refractivity contribution in [1.29, 1.82) is 0 Å². The average Bonchev–Trinajstić information content (AvgIpc) is 2.23. The van der Waals surface area contributed by atoms with Crippen molar-refractivity contribution >= 4 is 11.9 Å². The first-order valence-electron chi connectivity index (χ1n) is 7.38. The molecule has 0 aromatic heterocycles. The number of carbonyl (C=O) groups is 2. The second kappa shape index (κ2) is 7.09. The fraction of sp³-hybridized carbons (Fsp3) is 0.875. The minimum absolute atomic E-state index is 0.237. The smallest absolute Gasteiger partial charge is 0.318 e. The van der Waals surface area contributed by atoms with Crippen molar-refractivity contribution in [3.63, 3.8) is 0 Å². The Morgan fingerprint density at radius 3 is 1.80 bits per heavy atom. The van der Waals surface area contributed by atoms with Gasteiger partial charge in [0.05, 0.1) is 0 Å². The molecule has 0 aliphatic heterocycles. The van der Waals surface area contributed by atoms with E-state index >= 15 is 0 Å². The van der Waals surface area contributed by atoms with Gasteiger partial charge in [0.1, 0.15) is 0 Å². The molecule has 0 aromatic rings. The maximum absolute atomic E-state index is 11.2. The average molecular weight is 286 g/mol. The Bertz CT molecular complexity index is 329. The minimum Gasteiger partial charge on any atom is -0.481 e. The van der Waals surface area contributed by atoms with Crippen molar-refractivity contribution in [2.24, 2.45) is 22.7 Å². The fourth-order valence-corrected chi connectivity index (χ4v) is 2.95. The summed E-state index contributed by atoms with van der Waals surface area (Å²) in [5.41, 5.74) is -0.454. The van der Waals surface area contributed by atoms with Gasteiger partial charge in [0.15, 0.2) is 5.92 Å². The highest BCUT2D eigenvalue weighted by atomic mass is 16.4. The Kier molecular flexibility index (Phi) is 6.72. The van der Waals surface area contributed by atoms with Crippen molar-refractivity contribution in [2.75, 3.05) is 0 Å². The molecule has 4 heteroatoms. The highest BCUT2D eigenvalue weighted by Crippen LogP contribution is 2.39. The highest BCUT2D eigenvalue weighted by molar-refractivity contribution is 5.93. The van der Waals surface area contributed by atoms with Gasteiger partial charge in [0.2, 0.25) is 0 Å². The summed E-state index contributed by atoms with van der Waals surface area (Å²) in [5, 5.41) is 18.4. The van der Waals surface area contributed by atoms with Gasteiger partial charge in [-0.05, 0) is 36.0 Å². The Morgan fingerprint density at radius 1 is 1.05 bits per heavy atom. The van der Waals surface area contributed by atoms with Crippen molar-refractivity contribution in [2.45, 2.75) is 67.2 Å². The predicted octanol–water partition coefficient (Wildman–Crippen LogP) is 4.04. The van der Waals surface area contributed by atoms with E-state index < -0.39 is 23.3 Å². The summed E-state index contributed by atoms with van der Waals surface area (Å²) >= 11 is 0. The van der Waals surface area contributed by atoms with E-state index in [1.807, 2.05) is 6.92 Å². The Labute approximate surface area is 122 Å². The molecule has 0 saturated heterocycles. The van der Waals surface area contributed by atoms with Gasteiger partial charge in [-0.2, -0.15) is 0 Å². The van der Waals surface area contributed by atoms with Gasteiger partial charge < -0.3 is 10.2 Å². The molecule has 20 heavy (non-hydrogen) atoms. The van der Waals surface area contributed by atoms with E-state index in [-0.39, 0.29) is 5.41 Å². The van der Waals surface area contributed by atoms with Crippen LogP contribution in [0.25, 0.3) is 0 Å². The molecule has 0 amide bonds. The monoisotopic (exact) mass is 286 g/mol. The van der Waals surface area contributed by atoms with Crippen molar-refractivity contribution in [3.8, 4) is 0 Å². The van der Waals surface area contributed by atoms with Crippen LogP contribution in [-0.4, -0.2) is 22.2 Å². The SMILES string of the molecule is CC[C@](C)(CCC(C)CC(C)(C)C)C(C(=O)O)C(=O)O. The number of hydrogen-bond donors (Lipinski definition) is 2. The standard InChI is InChI=1S/C16H30O4/c1-7-16(6,12(13(17)18)14(19)20)9-8-11(2)10-15(3,4)5/h11-12H,7-10H2,1-6H3,(H,17,18)(H,19,20)/t11?,16-/m1/s1. The largest absolute Gasteiger partial charge is 0.481 e. The third-order valence-corrected chi connectivity index (χ3v) is 4.17. The van der Waals surface area contributed by atoms with Gasteiger partial charge in [-0.1, -0.05) is 48.0 Å². The zero-order valence-corrected chi connectivity index (χ0v) is 13.7. The van der Waals surface area contributed by atoms with Crippen LogP contribution in [0.2, 0.25) is 0 Å². The molecule has 0 rings (SSSR count). The molecule has 0 aromatic carbocycles. The molecule has 0 saturated carbocycles. The van der Waals surface area contributed by atoms with Crippen LogP contribution in [-0.2, 0) is 9.59 Å². The fourth-order valence-electron chi connectivity index (χ4n) is 2.95. The number of carboxylic acids is 2. The Hall–Kier alpha value is -1.06. The van der Waals surface area contributed by atoms with Gasteiger partial charge in [0.25, 0.3) is 0 Å². The van der Waals surface area contributed by atoms with Crippen LogP contribution in [0.5, 0.6) is 0 Å². The summed E-state index contributed by atoms with van der Waals surface area (Å²) in [7, 11) is 0. The molecule has 1 unspecified atom stereocenters.